The molecule has 0 spiro atoms. The molecule has 1 aromatic rings. The lowest BCUT2D eigenvalue weighted by atomic mass is 10.1. The van der Waals surface area contributed by atoms with Gasteiger partial charge in [0.15, 0.2) is 0 Å². The smallest absolute Gasteiger partial charge is 0.251 e. The number of carbonyl (C=O) groups is 1. The zero-order chi connectivity index (χ0) is 16.6. The minimum absolute atomic E-state index is 0.130. The molecule has 0 unspecified atom stereocenters. The lowest BCUT2D eigenvalue weighted by Gasteiger charge is -2.08. The van der Waals surface area contributed by atoms with E-state index in [1.807, 2.05) is 0 Å². The summed E-state index contributed by atoms with van der Waals surface area (Å²) in [4.78, 5) is 12.1. The van der Waals surface area contributed by atoms with E-state index in [1.54, 1.807) is 0 Å². The van der Waals surface area contributed by atoms with Crippen molar-refractivity contribution >= 4 is 15.9 Å². The first-order chi connectivity index (χ1) is 10.4. The van der Waals surface area contributed by atoms with Gasteiger partial charge in [-0.1, -0.05) is 19.9 Å². The van der Waals surface area contributed by atoms with Gasteiger partial charge in [0.25, 0.3) is 5.91 Å². The number of rotatable bonds is 9. The van der Waals surface area contributed by atoms with Crippen LogP contribution in [-0.2, 0) is 10.0 Å². The Kier molecular flexibility index (Phi) is 7.27. The van der Waals surface area contributed by atoms with Gasteiger partial charge in [0, 0.05) is 18.7 Å². The Balaban J connectivity index is 2.60. The van der Waals surface area contributed by atoms with Gasteiger partial charge in [0.2, 0.25) is 10.0 Å². The standard InChI is InChI=1S/C16H24N2O3S/c1-4-11-18-22(20,21)15-9-7-14(8-10-15)16(19)17-12-5-6-13(2)3/h4,7-10,13,18H,1,5-6,11-12H2,2-3H3,(H,17,19). The van der Waals surface area contributed by atoms with Crippen molar-refractivity contribution in [3.63, 3.8) is 0 Å². The molecule has 0 radical (unpaired) electrons. The Hall–Kier alpha value is -1.66. The van der Waals surface area contributed by atoms with Crippen LogP contribution in [0.2, 0.25) is 0 Å². The molecule has 5 nitrogen and oxygen atoms in total. The van der Waals surface area contributed by atoms with Crippen molar-refractivity contribution in [2.24, 2.45) is 5.92 Å². The van der Waals surface area contributed by atoms with E-state index in [2.05, 4.69) is 30.5 Å². The fourth-order valence-corrected chi connectivity index (χ4v) is 2.85. The van der Waals surface area contributed by atoms with Crippen molar-refractivity contribution in [1.82, 2.24) is 10.0 Å². The molecule has 0 aliphatic heterocycles. The van der Waals surface area contributed by atoms with Crippen molar-refractivity contribution in [3.8, 4) is 0 Å². The number of nitrogens with one attached hydrogen (secondary N) is 2. The third-order valence-corrected chi connectivity index (χ3v) is 4.53. The molecule has 22 heavy (non-hydrogen) atoms. The van der Waals surface area contributed by atoms with Crippen LogP contribution in [0.4, 0.5) is 0 Å². The predicted octanol–water partition coefficient (Wildman–Crippen LogP) is 2.32. The number of hydrogen-bond donors (Lipinski definition) is 2. The third kappa shape index (κ3) is 5.99. The molecule has 2 N–H and O–H groups in total. The average Bonchev–Trinajstić information content (AvgIpc) is 2.49. The van der Waals surface area contributed by atoms with Crippen LogP contribution in [0.1, 0.15) is 37.0 Å². The summed E-state index contributed by atoms with van der Waals surface area (Å²) in [7, 11) is -3.55. The largest absolute Gasteiger partial charge is 0.352 e. The molecule has 1 rings (SSSR count). The zero-order valence-electron chi connectivity index (χ0n) is 13.1. The first kappa shape index (κ1) is 18.4. The topological polar surface area (TPSA) is 75.3 Å². The van der Waals surface area contributed by atoms with Crippen molar-refractivity contribution in [1.29, 1.82) is 0 Å². The predicted molar refractivity (Wildman–Crippen MR) is 88.2 cm³/mol. The van der Waals surface area contributed by atoms with Gasteiger partial charge in [-0.3, -0.25) is 4.79 Å². The maximum Gasteiger partial charge on any atom is 0.251 e. The molecule has 0 bridgehead atoms. The molecule has 0 aliphatic carbocycles. The highest BCUT2D eigenvalue weighted by molar-refractivity contribution is 7.89. The van der Waals surface area contributed by atoms with Gasteiger partial charge in [0.05, 0.1) is 4.90 Å². The summed E-state index contributed by atoms with van der Waals surface area (Å²) in [6, 6.07) is 5.88. The fourth-order valence-electron chi connectivity index (χ4n) is 1.85. The first-order valence-corrected chi connectivity index (χ1v) is 8.84. The van der Waals surface area contributed by atoms with E-state index < -0.39 is 10.0 Å². The molecular weight excluding hydrogens is 300 g/mol. The summed E-state index contributed by atoms with van der Waals surface area (Å²) in [6.07, 6.45) is 3.46. The summed E-state index contributed by atoms with van der Waals surface area (Å²) in [5, 5.41) is 2.83. The lowest BCUT2D eigenvalue weighted by Crippen LogP contribution is -2.25. The second-order valence-electron chi connectivity index (χ2n) is 5.46. The molecule has 0 saturated heterocycles. The van der Waals surface area contributed by atoms with E-state index in [0.717, 1.165) is 12.8 Å². The second kappa shape index (κ2) is 8.70. The quantitative estimate of drug-likeness (QED) is 0.541. The van der Waals surface area contributed by atoms with Crippen LogP contribution in [0.3, 0.4) is 0 Å². The summed E-state index contributed by atoms with van der Waals surface area (Å²) in [5.74, 6) is 0.427. The van der Waals surface area contributed by atoms with Crippen LogP contribution in [0.15, 0.2) is 41.8 Å². The first-order valence-electron chi connectivity index (χ1n) is 7.35. The van der Waals surface area contributed by atoms with Gasteiger partial charge in [-0.05, 0) is 43.0 Å². The average molecular weight is 324 g/mol. The lowest BCUT2D eigenvalue weighted by molar-refractivity contribution is 0.0952. The Labute approximate surface area is 132 Å². The van der Waals surface area contributed by atoms with Gasteiger partial charge >= 0.3 is 0 Å². The van der Waals surface area contributed by atoms with Crippen molar-refractivity contribution in [2.75, 3.05) is 13.1 Å². The van der Waals surface area contributed by atoms with Gasteiger partial charge in [-0.25, -0.2) is 13.1 Å². The number of hydrogen-bond acceptors (Lipinski definition) is 3. The van der Waals surface area contributed by atoms with Crippen LogP contribution in [0.25, 0.3) is 0 Å². The highest BCUT2D eigenvalue weighted by Gasteiger charge is 2.13. The van der Waals surface area contributed by atoms with Gasteiger partial charge in [-0.15, -0.1) is 6.58 Å². The fraction of sp³-hybridized carbons (Fsp3) is 0.438. The van der Waals surface area contributed by atoms with E-state index in [-0.39, 0.29) is 17.3 Å². The van der Waals surface area contributed by atoms with Crippen LogP contribution in [0, 0.1) is 5.92 Å². The molecule has 0 fully saturated rings. The van der Waals surface area contributed by atoms with Gasteiger partial charge in [-0.2, -0.15) is 0 Å². The monoisotopic (exact) mass is 324 g/mol. The molecule has 1 aromatic carbocycles. The number of carbonyl (C=O) groups excluding carboxylic acids is 1. The Bertz CT molecular complexity index is 592. The Morgan fingerprint density at radius 2 is 1.91 bits per heavy atom. The highest BCUT2D eigenvalue weighted by atomic mass is 32.2. The van der Waals surface area contributed by atoms with Crippen LogP contribution < -0.4 is 10.0 Å². The van der Waals surface area contributed by atoms with Crippen molar-refractivity contribution < 1.29 is 13.2 Å². The van der Waals surface area contributed by atoms with E-state index in [4.69, 9.17) is 0 Å². The molecule has 0 atom stereocenters. The highest BCUT2D eigenvalue weighted by Crippen LogP contribution is 2.10. The van der Waals surface area contributed by atoms with E-state index in [0.29, 0.717) is 18.0 Å². The maximum atomic E-state index is 11.9. The number of sulfonamides is 1. The van der Waals surface area contributed by atoms with E-state index in [9.17, 15) is 13.2 Å². The molecule has 0 heterocycles. The van der Waals surface area contributed by atoms with Crippen LogP contribution >= 0.6 is 0 Å². The molecule has 0 aliphatic rings. The van der Waals surface area contributed by atoms with Gasteiger partial charge < -0.3 is 5.32 Å². The summed E-state index contributed by atoms with van der Waals surface area (Å²) in [5.41, 5.74) is 0.451. The summed E-state index contributed by atoms with van der Waals surface area (Å²) >= 11 is 0. The minimum atomic E-state index is -3.55. The molecule has 0 saturated carbocycles. The van der Waals surface area contributed by atoms with Crippen molar-refractivity contribution in [3.05, 3.63) is 42.5 Å². The third-order valence-electron chi connectivity index (χ3n) is 3.09. The molecule has 122 valence electrons. The summed E-state index contributed by atoms with van der Waals surface area (Å²) in [6.45, 7) is 8.53. The SMILES string of the molecule is C=CCNS(=O)(=O)c1ccc(C(=O)NCCCC(C)C)cc1. The van der Waals surface area contributed by atoms with Crippen LogP contribution in [-0.4, -0.2) is 27.4 Å². The van der Waals surface area contributed by atoms with E-state index >= 15 is 0 Å². The summed E-state index contributed by atoms with van der Waals surface area (Å²) < 4.78 is 26.2. The maximum absolute atomic E-state index is 11.9. The van der Waals surface area contributed by atoms with Gasteiger partial charge in [0.1, 0.15) is 0 Å². The zero-order valence-corrected chi connectivity index (χ0v) is 13.9. The molecule has 1 amide bonds. The molecule has 6 heteroatoms. The van der Waals surface area contributed by atoms with Crippen LogP contribution in [0.5, 0.6) is 0 Å². The normalized spacial score (nSPS) is 11.4. The second-order valence-corrected chi connectivity index (χ2v) is 7.22. The Morgan fingerprint density at radius 1 is 1.27 bits per heavy atom. The number of amides is 1. The number of benzene rings is 1. The minimum Gasteiger partial charge on any atom is -0.352 e. The Morgan fingerprint density at radius 3 is 2.45 bits per heavy atom. The molecular formula is C16H24N2O3S. The van der Waals surface area contributed by atoms with E-state index in [1.165, 1.54) is 30.3 Å². The molecule has 0 aromatic heterocycles. The van der Waals surface area contributed by atoms with Crippen molar-refractivity contribution in [2.45, 2.75) is 31.6 Å².